The third-order valence-electron chi connectivity index (χ3n) is 5.92. The lowest BCUT2D eigenvalue weighted by Crippen LogP contribution is -2.48. The van der Waals surface area contributed by atoms with Gasteiger partial charge in [-0.3, -0.25) is 9.59 Å². The van der Waals surface area contributed by atoms with Crippen molar-refractivity contribution in [2.24, 2.45) is 0 Å². The van der Waals surface area contributed by atoms with Crippen LogP contribution < -0.4 is 10.2 Å². The molecule has 1 heterocycles. The number of carbonyl (C=O) groups is 2. The van der Waals surface area contributed by atoms with E-state index in [0.717, 1.165) is 36.4 Å². The molecule has 33 heavy (non-hydrogen) atoms. The Labute approximate surface area is 195 Å². The average Bonchev–Trinajstić information content (AvgIpc) is 2.88. The lowest BCUT2D eigenvalue weighted by Gasteiger charge is -2.35. The second-order valence-corrected chi connectivity index (χ2v) is 8.11. The molecule has 0 aliphatic carbocycles. The normalized spacial score (nSPS) is 13.8. The van der Waals surface area contributed by atoms with E-state index in [1.54, 1.807) is 6.08 Å². The quantitative estimate of drug-likeness (QED) is 0.558. The van der Waals surface area contributed by atoms with Gasteiger partial charge in [-0.2, -0.15) is 0 Å². The summed E-state index contributed by atoms with van der Waals surface area (Å²) in [5.41, 5.74) is 4.74. The van der Waals surface area contributed by atoms with Crippen LogP contribution in [0.5, 0.6) is 0 Å². The van der Waals surface area contributed by atoms with Crippen molar-refractivity contribution in [3.63, 3.8) is 0 Å². The Morgan fingerprint density at radius 2 is 1.52 bits per heavy atom. The molecule has 0 spiro atoms. The second-order valence-electron chi connectivity index (χ2n) is 8.11. The van der Waals surface area contributed by atoms with Gasteiger partial charge in [0.25, 0.3) is 5.91 Å². The molecule has 0 atom stereocenters. The molecule has 0 saturated carbocycles. The van der Waals surface area contributed by atoms with E-state index in [0.29, 0.717) is 18.7 Å². The van der Waals surface area contributed by atoms with Crippen LogP contribution in [0.1, 0.15) is 28.4 Å². The first-order valence-electron chi connectivity index (χ1n) is 11.4. The van der Waals surface area contributed by atoms with Gasteiger partial charge in [0.1, 0.15) is 0 Å². The number of aryl methyl sites for hydroxylation is 1. The van der Waals surface area contributed by atoms with E-state index in [9.17, 15) is 9.59 Å². The van der Waals surface area contributed by atoms with Gasteiger partial charge in [0, 0.05) is 49.2 Å². The number of piperazine rings is 1. The minimum Gasteiger partial charge on any atom is -0.368 e. The SMILES string of the molecule is CCc1ccc(C(=O)Nc2ccc(N3CCN(C(=O)/C=C/c4ccccc4)CC3)cc2)cc1. The summed E-state index contributed by atoms with van der Waals surface area (Å²) in [4.78, 5) is 29.1. The van der Waals surface area contributed by atoms with Crippen LogP contribution in [0.25, 0.3) is 6.08 Å². The van der Waals surface area contributed by atoms with Gasteiger partial charge in [0.15, 0.2) is 0 Å². The fraction of sp³-hybridized carbons (Fsp3) is 0.214. The van der Waals surface area contributed by atoms with Crippen LogP contribution in [0, 0.1) is 0 Å². The number of benzene rings is 3. The third kappa shape index (κ3) is 5.89. The summed E-state index contributed by atoms with van der Waals surface area (Å²) in [5, 5.41) is 2.96. The van der Waals surface area contributed by atoms with Crippen LogP contribution in [0.15, 0.2) is 84.9 Å². The summed E-state index contributed by atoms with van der Waals surface area (Å²) >= 11 is 0. The smallest absolute Gasteiger partial charge is 0.255 e. The molecule has 1 saturated heterocycles. The summed E-state index contributed by atoms with van der Waals surface area (Å²) < 4.78 is 0. The van der Waals surface area contributed by atoms with E-state index < -0.39 is 0 Å². The first-order chi connectivity index (χ1) is 16.1. The molecular weight excluding hydrogens is 410 g/mol. The predicted molar refractivity (Wildman–Crippen MR) is 134 cm³/mol. The van der Waals surface area contributed by atoms with Crippen molar-refractivity contribution in [1.82, 2.24) is 4.90 Å². The Morgan fingerprint density at radius 1 is 0.848 bits per heavy atom. The highest BCUT2D eigenvalue weighted by molar-refractivity contribution is 6.04. The molecule has 3 aromatic carbocycles. The maximum atomic E-state index is 12.5. The van der Waals surface area contributed by atoms with Crippen LogP contribution in [0.2, 0.25) is 0 Å². The predicted octanol–water partition coefficient (Wildman–Crippen LogP) is 4.86. The van der Waals surface area contributed by atoms with Crippen molar-refractivity contribution in [3.05, 3.63) is 102 Å². The van der Waals surface area contributed by atoms with Gasteiger partial charge in [0.05, 0.1) is 0 Å². The topological polar surface area (TPSA) is 52.7 Å². The molecule has 0 aromatic heterocycles. The number of nitrogens with one attached hydrogen (secondary N) is 1. The highest BCUT2D eigenvalue weighted by Crippen LogP contribution is 2.20. The molecule has 0 unspecified atom stereocenters. The molecule has 3 aromatic rings. The van der Waals surface area contributed by atoms with Crippen LogP contribution >= 0.6 is 0 Å². The molecule has 1 aliphatic heterocycles. The zero-order chi connectivity index (χ0) is 23.0. The standard InChI is InChI=1S/C28H29N3O2/c1-2-22-8-11-24(12-9-22)28(33)29-25-13-15-26(16-14-25)30-18-20-31(21-19-30)27(32)17-10-23-6-4-3-5-7-23/h3-17H,2,18-21H2,1H3,(H,29,33)/b17-10+. The maximum absolute atomic E-state index is 12.5. The molecule has 2 amide bonds. The van der Waals surface area contributed by atoms with E-state index in [2.05, 4.69) is 17.1 Å². The Balaban J connectivity index is 1.28. The second kappa shape index (κ2) is 10.6. The Hall–Kier alpha value is -3.86. The summed E-state index contributed by atoms with van der Waals surface area (Å²) in [7, 11) is 0. The molecule has 1 N–H and O–H groups in total. The van der Waals surface area contributed by atoms with Crippen molar-refractivity contribution in [1.29, 1.82) is 0 Å². The summed E-state index contributed by atoms with van der Waals surface area (Å²) in [6.45, 7) is 5.02. The van der Waals surface area contributed by atoms with Gasteiger partial charge in [0.2, 0.25) is 5.91 Å². The zero-order valence-corrected chi connectivity index (χ0v) is 18.9. The van der Waals surface area contributed by atoms with Crippen molar-refractivity contribution in [2.75, 3.05) is 36.4 Å². The number of anilines is 2. The van der Waals surface area contributed by atoms with Crippen molar-refractivity contribution in [3.8, 4) is 0 Å². The van der Waals surface area contributed by atoms with Crippen LogP contribution in [-0.2, 0) is 11.2 Å². The largest absolute Gasteiger partial charge is 0.368 e. The van der Waals surface area contributed by atoms with Gasteiger partial charge in [-0.15, -0.1) is 0 Å². The van der Waals surface area contributed by atoms with Crippen LogP contribution in [-0.4, -0.2) is 42.9 Å². The molecule has 1 aliphatic rings. The molecule has 1 fully saturated rings. The van der Waals surface area contributed by atoms with E-state index in [-0.39, 0.29) is 11.8 Å². The minimum atomic E-state index is -0.110. The molecular formula is C28H29N3O2. The van der Waals surface area contributed by atoms with Gasteiger partial charge in [-0.25, -0.2) is 0 Å². The lowest BCUT2D eigenvalue weighted by atomic mass is 10.1. The van der Waals surface area contributed by atoms with Gasteiger partial charge >= 0.3 is 0 Å². The summed E-state index contributed by atoms with van der Waals surface area (Å²) in [5.74, 6) is -0.0652. The van der Waals surface area contributed by atoms with Gasteiger partial charge in [-0.1, -0.05) is 49.4 Å². The fourth-order valence-corrected chi connectivity index (χ4v) is 3.87. The molecule has 0 radical (unpaired) electrons. The Morgan fingerprint density at radius 3 is 2.15 bits per heavy atom. The molecule has 5 nitrogen and oxygen atoms in total. The summed E-state index contributed by atoms with van der Waals surface area (Å²) in [6.07, 6.45) is 4.47. The van der Waals surface area contributed by atoms with E-state index in [1.807, 2.05) is 89.8 Å². The highest BCUT2D eigenvalue weighted by atomic mass is 16.2. The van der Waals surface area contributed by atoms with Crippen LogP contribution in [0.3, 0.4) is 0 Å². The summed E-state index contributed by atoms with van der Waals surface area (Å²) in [6, 6.07) is 25.4. The number of hydrogen-bond donors (Lipinski definition) is 1. The Bertz CT molecular complexity index is 1100. The number of carbonyl (C=O) groups excluding carboxylic acids is 2. The number of rotatable bonds is 6. The van der Waals surface area contributed by atoms with Gasteiger partial charge in [-0.05, 0) is 60.0 Å². The number of amides is 2. The first-order valence-corrected chi connectivity index (χ1v) is 11.4. The van der Waals surface area contributed by atoms with Crippen molar-refractivity contribution in [2.45, 2.75) is 13.3 Å². The zero-order valence-electron chi connectivity index (χ0n) is 18.9. The molecule has 168 valence electrons. The van der Waals surface area contributed by atoms with E-state index >= 15 is 0 Å². The van der Waals surface area contributed by atoms with E-state index in [1.165, 1.54) is 5.56 Å². The number of nitrogens with zero attached hydrogens (tertiary/aromatic N) is 2. The van der Waals surface area contributed by atoms with Crippen molar-refractivity contribution >= 4 is 29.3 Å². The molecule has 0 bridgehead atoms. The van der Waals surface area contributed by atoms with Gasteiger partial charge < -0.3 is 15.1 Å². The molecule has 5 heteroatoms. The first kappa shape index (κ1) is 22.3. The van der Waals surface area contributed by atoms with E-state index in [4.69, 9.17) is 0 Å². The Kier molecular flexibility index (Phi) is 7.20. The minimum absolute atomic E-state index is 0.0449. The number of hydrogen-bond acceptors (Lipinski definition) is 3. The van der Waals surface area contributed by atoms with Crippen LogP contribution in [0.4, 0.5) is 11.4 Å². The van der Waals surface area contributed by atoms with Crippen molar-refractivity contribution < 1.29 is 9.59 Å². The lowest BCUT2D eigenvalue weighted by molar-refractivity contribution is -0.126. The monoisotopic (exact) mass is 439 g/mol. The molecule has 4 rings (SSSR count). The maximum Gasteiger partial charge on any atom is 0.255 e. The fourth-order valence-electron chi connectivity index (χ4n) is 3.87. The average molecular weight is 440 g/mol. The third-order valence-corrected chi connectivity index (χ3v) is 5.92. The highest BCUT2D eigenvalue weighted by Gasteiger charge is 2.20.